The highest BCUT2D eigenvalue weighted by molar-refractivity contribution is 7.99. The second-order valence-electron chi connectivity index (χ2n) is 4.91. The lowest BCUT2D eigenvalue weighted by atomic mass is 10.2. The predicted octanol–water partition coefficient (Wildman–Crippen LogP) is 3.72. The zero-order chi connectivity index (χ0) is 14.0. The van der Waals surface area contributed by atoms with Crippen molar-refractivity contribution in [2.24, 2.45) is 7.05 Å². The van der Waals surface area contributed by atoms with Crippen LogP contribution in [-0.2, 0) is 13.5 Å². The summed E-state index contributed by atoms with van der Waals surface area (Å²) in [7, 11) is 1.96. The molecule has 4 heteroatoms. The van der Waals surface area contributed by atoms with Crippen LogP contribution in [0.3, 0.4) is 0 Å². The Balaban J connectivity index is 2.35. The minimum Gasteiger partial charge on any atom is -0.395 e. The minimum atomic E-state index is 0.829. The van der Waals surface area contributed by atoms with Gasteiger partial charge in [0.25, 0.3) is 0 Å². The molecule has 0 saturated carbocycles. The fourth-order valence-electron chi connectivity index (χ4n) is 2.04. The maximum atomic E-state index is 6.22. The third-order valence-corrected chi connectivity index (χ3v) is 4.48. The third kappa shape index (κ3) is 2.95. The molecule has 0 fully saturated rings. The number of hydrogen-bond donors (Lipinski definition) is 1. The van der Waals surface area contributed by atoms with Crippen LogP contribution in [0.25, 0.3) is 0 Å². The van der Waals surface area contributed by atoms with E-state index in [1.165, 1.54) is 16.0 Å². The standard InChI is InChI=1S/C15H21N3S/c1-5-6-12-14(16)15(18(4)17-12)19-13-9-10(2)7-8-11(13)3/h7-9H,5-6,16H2,1-4H3. The van der Waals surface area contributed by atoms with Crippen LogP contribution in [0.5, 0.6) is 0 Å². The molecule has 2 rings (SSSR count). The van der Waals surface area contributed by atoms with E-state index in [0.717, 1.165) is 29.2 Å². The van der Waals surface area contributed by atoms with Crippen LogP contribution in [0.1, 0.15) is 30.2 Å². The van der Waals surface area contributed by atoms with E-state index in [-0.39, 0.29) is 0 Å². The third-order valence-electron chi connectivity index (χ3n) is 3.14. The molecular formula is C15H21N3S. The van der Waals surface area contributed by atoms with Crippen LogP contribution < -0.4 is 5.73 Å². The van der Waals surface area contributed by atoms with Gasteiger partial charge in [-0.2, -0.15) is 5.10 Å². The number of aromatic nitrogens is 2. The highest BCUT2D eigenvalue weighted by Gasteiger charge is 2.14. The number of benzene rings is 1. The smallest absolute Gasteiger partial charge is 0.122 e. The molecule has 1 aromatic heterocycles. The average molecular weight is 275 g/mol. The van der Waals surface area contributed by atoms with Crippen LogP contribution in [0, 0.1) is 13.8 Å². The van der Waals surface area contributed by atoms with E-state index in [0.29, 0.717) is 0 Å². The van der Waals surface area contributed by atoms with E-state index in [4.69, 9.17) is 5.73 Å². The average Bonchev–Trinajstić information content (AvgIpc) is 2.62. The van der Waals surface area contributed by atoms with Crippen molar-refractivity contribution in [2.75, 3.05) is 5.73 Å². The van der Waals surface area contributed by atoms with Crippen molar-refractivity contribution < 1.29 is 0 Å². The Morgan fingerprint density at radius 3 is 2.74 bits per heavy atom. The van der Waals surface area contributed by atoms with Crippen molar-refractivity contribution >= 4 is 17.4 Å². The zero-order valence-electron chi connectivity index (χ0n) is 12.0. The van der Waals surface area contributed by atoms with Gasteiger partial charge >= 0.3 is 0 Å². The van der Waals surface area contributed by atoms with Gasteiger partial charge in [0.2, 0.25) is 0 Å². The maximum Gasteiger partial charge on any atom is 0.122 e. The second kappa shape index (κ2) is 5.70. The summed E-state index contributed by atoms with van der Waals surface area (Å²) < 4.78 is 1.90. The van der Waals surface area contributed by atoms with Crippen LogP contribution in [0.2, 0.25) is 0 Å². The molecule has 0 radical (unpaired) electrons. The molecule has 0 spiro atoms. The molecule has 0 unspecified atom stereocenters. The molecule has 0 aliphatic heterocycles. The molecule has 102 valence electrons. The molecule has 0 aliphatic carbocycles. The van der Waals surface area contributed by atoms with Gasteiger partial charge in [-0.1, -0.05) is 37.2 Å². The summed E-state index contributed by atoms with van der Waals surface area (Å²) in [5.41, 5.74) is 10.6. The summed E-state index contributed by atoms with van der Waals surface area (Å²) in [5.74, 6) is 0. The van der Waals surface area contributed by atoms with Gasteiger partial charge in [0.05, 0.1) is 11.4 Å². The summed E-state index contributed by atoms with van der Waals surface area (Å²) in [6, 6.07) is 6.48. The fourth-order valence-corrected chi connectivity index (χ4v) is 3.12. The van der Waals surface area contributed by atoms with Crippen molar-refractivity contribution in [1.82, 2.24) is 9.78 Å². The zero-order valence-corrected chi connectivity index (χ0v) is 12.8. The summed E-state index contributed by atoms with van der Waals surface area (Å²) >= 11 is 1.70. The molecular weight excluding hydrogens is 254 g/mol. The molecule has 2 aromatic rings. The van der Waals surface area contributed by atoms with Crippen molar-refractivity contribution in [3.63, 3.8) is 0 Å². The van der Waals surface area contributed by atoms with Gasteiger partial charge in [-0.15, -0.1) is 0 Å². The number of nitrogens with two attached hydrogens (primary N) is 1. The van der Waals surface area contributed by atoms with Gasteiger partial charge < -0.3 is 5.73 Å². The van der Waals surface area contributed by atoms with E-state index >= 15 is 0 Å². The quantitative estimate of drug-likeness (QED) is 0.924. The topological polar surface area (TPSA) is 43.8 Å². The number of aryl methyl sites for hydroxylation is 4. The predicted molar refractivity (Wildman–Crippen MR) is 81.7 cm³/mol. The molecule has 0 atom stereocenters. The van der Waals surface area contributed by atoms with E-state index in [2.05, 4.69) is 44.1 Å². The normalized spacial score (nSPS) is 10.9. The van der Waals surface area contributed by atoms with Crippen molar-refractivity contribution in [3.8, 4) is 0 Å². The lowest BCUT2D eigenvalue weighted by Crippen LogP contribution is -1.94. The second-order valence-corrected chi connectivity index (χ2v) is 5.94. The van der Waals surface area contributed by atoms with Gasteiger partial charge in [0, 0.05) is 11.9 Å². The Hall–Kier alpha value is -1.42. The van der Waals surface area contributed by atoms with E-state index < -0.39 is 0 Å². The summed E-state index contributed by atoms with van der Waals surface area (Å²) in [6.45, 7) is 6.38. The first kappa shape index (κ1) is 14.0. The fraction of sp³-hybridized carbons (Fsp3) is 0.400. The molecule has 2 N–H and O–H groups in total. The highest BCUT2D eigenvalue weighted by Crippen LogP contribution is 2.35. The van der Waals surface area contributed by atoms with Gasteiger partial charge in [-0.25, -0.2) is 0 Å². The van der Waals surface area contributed by atoms with E-state index in [9.17, 15) is 0 Å². The maximum absolute atomic E-state index is 6.22. The molecule has 19 heavy (non-hydrogen) atoms. The van der Waals surface area contributed by atoms with Crippen LogP contribution in [0.4, 0.5) is 5.69 Å². The van der Waals surface area contributed by atoms with E-state index in [1.807, 2.05) is 11.7 Å². The van der Waals surface area contributed by atoms with Crippen LogP contribution in [-0.4, -0.2) is 9.78 Å². The Bertz CT molecular complexity index is 587. The monoisotopic (exact) mass is 275 g/mol. The molecule has 3 nitrogen and oxygen atoms in total. The number of nitrogens with zero attached hydrogens (tertiary/aromatic N) is 2. The molecule has 0 saturated heterocycles. The van der Waals surface area contributed by atoms with E-state index in [1.54, 1.807) is 11.8 Å². The van der Waals surface area contributed by atoms with Gasteiger partial charge in [0.15, 0.2) is 0 Å². The lowest BCUT2D eigenvalue weighted by molar-refractivity contribution is 0.681. The van der Waals surface area contributed by atoms with Gasteiger partial charge in [-0.3, -0.25) is 4.68 Å². The largest absolute Gasteiger partial charge is 0.395 e. The highest BCUT2D eigenvalue weighted by atomic mass is 32.2. The van der Waals surface area contributed by atoms with Crippen LogP contribution >= 0.6 is 11.8 Å². The molecule has 1 aromatic carbocycles. The Morgan fingerprint density at radius 2 is 2.05 bits per heavy atom. The number of rotatable bonds is 4. The molecule has 0 amide bonds. The summed E-state index contributed by atoms with van der Waals surface area (Å²) in [5, 5.41) is 5.56. The first-order chi connectivity index (χ1) is 9.02. The Kier molecular flexibility index (Phi) is 4.20. The Labute approximate surface area is 119 Å². The van der Waals surface area contributed by atoms with Gasteiger partial charge in [-0.05, 0) is 37.5 Å². The minimum absolute atomic E-state index is 0.829. The number of anilines is 1. The number of hydrogen-bond acceptors (Lipinski definition) is 3. The SMILES string of the molecule is CCCc1nn(C)c(Sc2cc(C)ccc2C)c1N. The van der Waals surface area contributed by atoms with Crippen molar-refractivity contribution in [3.05, 3.63) is 35.0 Å². The van der Waals surface area contributed by atoms with Crippen molar-refractivity contribution in [1.29, 1.82) is 0 Å². The first-order valence-electron chi connectivity index (χ1n) is 6.59. The summed E-state index contributed by atoms with van der Waals surface area (Å²) in [6.07, 6.45) is 2.00. The number of nitrogen functional groups attached to an aromatic ring is 1. The lowest BCUT2D eigenvalue weighted by Gasteiger charge is -2.07. The first-order valence-corrected chi connectivity index (χ1v) is 7.41. The van der Waals surface area contributed by atoms with Gasteiger partial charge in [0.1, 0.15) is 5.03 Å². The van der Waals surface area contributed by atoms with Crippen molar-refractivity contribution in [2.45, 2.75) is 43.5 Å². The molecule has 1 heterocycles. The molecule has 0 aliphatic rings. The summed E-state index contributed by atoms with van der Waals surface area (Å²) in [4.78, 5) is 1.25. The Morgan fingerprint density at radius 1 is 1.32 bits per heavy atom. The van der Waals surface area contributed by atoms with Crippen LogP contribution in [0.15, 0.2) is 28.1 Å². The molecule has 0 bridgehead atoms.